The molecule has 2 rings (SSSR count). The van der Waals surface area contributed by atoms with E-state index in [0.717, 1.165) is 18.6 Å². The molecule has 0 unspecified atom stereocenters. The molecule has 7 heteroatoms. The van der Waals surface area contributed by atoms with Crippen LogP contribution in [-0.2, 0) is 6.18 Å². The first-order valence-electron chi connectivity index (χ1n) is 5.70. The Morgan fingerprint density at radius 2 is 1.94 bits per heavy atom. The Morgan fingerprint density at radius 1 is 1.28 bits per heavy atom. The Labute approximate surface area is 112 Å². The fourth-order valence-electron chi connectivity index (χ4n) is 1.98. The lowest BCUT2D eigenvalue weighted by atomic mass is 10.1. The molecule has 100 valence electrons. The van der Waals surface area contributed by atoms with Crippen LogP contribution in [0.3, 0.4) is 0 Å². The van der Waals surface area contributed by atoms with Gasteiger partial charge in [0.15, 0.2) is 0 Å². The number of alkyl halides is 3. The smallest absolute Gasteiger partial charge is 0.218 e. The first-order valence-corrected chi connectivity index (χ1v) is 7.06. The highest BCUT2D eigenvalue weighted by Crippen LogP contribution is 2.33. The summed E-state index contributed by atoms with van der Waals surface area (Å²) in [5, 5.41) is 0.139. The van der Waals surface area contributed by atoms with Crippen molar-refractivity contribution in [3.05, 3.63) is 17.0 Å². The Morgan fingerprint density at radius 3 is 2.56 bits per heavy atom. The summed E-state index contributed by atoms with van der Waals surface area (Å²) in [6, 6.07) is 1.39. The van der Waals surface area contributed by atoms with Gasteiger partial charge in [0.05, 0.1) is 0 Å². The number of hydrogen-bond donors (Lipinski definition) is 0. The first kappa shape index (κ1) is 13.9. The van der Waals surface area contributed by atoms with Gasteiger partial charge in [-0.05, 0) is 18.8 Å². The largest absolute Gasteiger partial charge is 0.451 e. The van der Waals surface area contributed by atoms with Crippen molar-refractivity contribution in [3.63, 3.8) is 0 Å². The van der Waals surface area contributed by atoms with Gasteiger partial charge < -0.3 is 0 Å². The maximum Gasteiger partial charge on any atom is 0.451 e. The van der Waals surface area contributed by atoms with Gasteiger partial charge in [0, 0.05) is 11.8 Å². The van der Waals surface area contributed by atoms with Crippen LogP contribution in [0.25, 0.3) is 0 Å². The van der Waals surface area contributed by atoms with Gasteiger partial charge in [0.25, 0.3) is 0 Å². The highest BCUT2D eigenvalue weighted by atomic mass is 35.5. The summed E-state index contributed by atoms with van der Waals surface area (Å²) in [7, 11) is 0. The molecule has 0 aliphatic heterocycles. The van der Waals surface area contributed by atoms with Crippen LogP contribution in [0.5, 0.6) is 0 Å². The van der Waals surface area contributed by atoms with Crippen molar-refractivity contribution in [1.29, 1.82) is 0 Å². The van der Waals surface area contributed by atoms with Crippen molar-refractivity contribution in [2.75, 3.05) is 5.75 Å². The molecular weight excluding hydrogens is 285 g/mol. The second kappa shape index (κ2) is 5.65. The Balaban J connectivity index is 2.05. The summed E-state index contributed by atoms with van der Waals surface area (Å²) in [6.45, 7) is 0. The monoisotopic (exact) mass is 296 g/mol. The van der Waals surface area contributed by atoms with Crippen molar-refractivity contribution in [1.82, 2.24) is 9.97 Å². The molecule has 0 amide bonds. The molecule has 0 aromatic carbocycles. The maximum atomic E-state index is 12.5. The van der Waals surface area contributed by atoms with Gasteiger partial charge in [-0.15, -0.1) is 11.8 Å². The average molecular weight is 297 g/mol. The molecule has 1 aromatic heterocycles. The molecule has 0 N–H and O–H groups in total. The second-order valence-electron chi connectivity index (χ2n) is 4.31. The quantitative estimate of drug-likeness (QED) is 0.609. The minimum Gasteiger partial charge on any atom is -0.218 e. The van der Waals surface area contributed by atoms with E-state index in [0.29, 0.717) is 10.9 Å². The Hall–Kier alpha value is -0.490. The topological polar surface area (TPSA) is 25.8 Å². The van der Waals surface area contributed by atoms with Crippen molar-refractivity contribution in [3.8, 4) is 0 Å². The first-order chi connectivity index (χ1) is 8.45. The number of rotatable bonds is 3. The van der Waals surface area contributed by atoms with Crippen LogP contribution in [0.4, 0.5) is 13.2 Å². The van der Waals surface area contributed by atoms with E-state index in [1.807, 2.05) is 0 Å². The SMILES string of the molecule is FC(F)(F)c1nc(Cl)cc(SCC2CCCC2)n1. The van der Waals surface area contributed by atoms with E-state index >= 15 is 0 Å². The molecule has 18 heavy (non-hydrogen) atoms. The summed E-state index contributed by atoms with van der Waals surface area (Å²) < 4.78 is 37.5. The molecule has 1 saturated carbocycles. The number of hydrogen-bond acceptors (Lipinski definition) is 3. The normalized spacial score (nSPS) is 17.3. The molecule has 1 fully saturated rings. The summed E-state index contributed by atoms with van der Waals surface area (Å²) in [6.07, 6.45) is 0.177. The van der Waals surface area contributed by atoms with E-state index in [9.17, 15) is 13.2 Å². The van der Waals surface area contributed by atoms with E-state index in [-0.39, 0.29) is 5.15 Å². The van der Waals surface area contributed by atoms with Crippen molar-refractivity contribution < 1.29 is 13.2 Å². The molecule has 0 saturated heterocycles. The van der Waals surface area contributed by atoms with Crippen LogP contribution < -0.4 is 0 Å². The zero-order valence-corrected chi connectivity index (χ0v) is 11.1. The highest BCUT2D eigenvalue weighted by molar-refractivity contribution is 7.99. The Kier molecular flexibility index (Phi) is 4.37. The van der Waals surface area contributed by atoms with Gasteiger partial charge >= 0.3 is 6.18 Å². The Bertz CT molecular complexity index is 419. The number of aromatic nitrogens is 2. The maximum absolute atomic E-state index is 12.5. The molecule has 0 radical (unpaired) electrons. The number of halogens is 4. The number of thioether (sulfide) groups is 1. The van der Waals surface area contributed by atoms with Crippen molar-refractivity contribution in [2.24, 2.45) is 5.92 Å². The van der Waals surface area contributed by atoms with E-state index in [1.165, 1.54) is 30.7 Å². The lowest BCUT2D eigenvalue weighted by Crippen LogP contribution is -2.11. The molecule has 0 bridgehead atoms. The highest BCUT2D eigenvalue weighted by Gasteiger charge is 2.35. The third kappa shape index (κ3) is 3.75. The minimum atomic E-state index is -4.55. The van der Waals surface area contributed by atoms with Crippen LogP contribution in [0.15, 0.2) is 11.1 Å². The second-order valence-corrected chi connectivity index (χ2v) is 5.74. The van der Waals surface area contributed by atoms with Gasteiger partial charge in [0.1, 0.15) is 10.2 Å². The molecule has 0 spiro atoms. The van der Waals surface area contributed by atoms with Gasteiger partial charge in [-0.3, -0.25) is 0 Å². The van der Waals surface area contributed by atoms with Crippen LogP contribution in [0.1, 0.15) is 31.5 Å². The van der Waals surface area contributed by atoms with E-state index < -0.39 is 12.0 Å². The summed E-state index contributed by atoms with van der Waals surface area (Å²) in [5.74, 6) is 0.215. The third-order valence-corrected chi connectivity index (χ3v) is 4.20. The lowest BCUT2D eigenvalue weighted by Gasteiger charge is -2.10. The van der Waals surface area contributed by atoms with Crippen LogP contribution in [0, 0.1) is 5.92 Å². The fraction of sp³-hybridized carbons (Fsp3) is 0.636. The van der Waals surface area contributed by atoms with Gasteiger partial charge in [-0.25, -0.2) is 9.97 Å². The molecule has 1 aliphatic rings. The molecule has 2 nitrogen and oxygen atoms in total. The summed E-state index contributed by atoms with van der Waals surface area (Å²) in [5.41, 5.74) is 0. The molecule has 1 aliphatic carbocycles. The fourth-order valence-corrected chi connectivity index (χ4v) is 3.31. The van der Waals surface area contributed by atoms with Crippen LogP contribution in [0.2, 0.25) is 5.15 Å². The van der Waals surface area contributed by atoms with Gasteiger partial charge in [0.2, 0.25) is 5.82 Å². The van der Waals surface area contributed by atoms with Crippen molar-refractivity contribution >= 4 is 23.4 Å². The molecular formula is C11H12ClF3N2S. The number of nitrogens with zero attached hydrogens (tertiary/aromatic N) is 2. The standard InChI is InChI=1S/C11H12ClF3N2S/c12-8-5-9(17-10(16-8)11(13,14)15)18-6-7-3-1-2-4-7/h5,7H,1-4,6H2. The third-order valence-electron chi connectivity index (χ3n) is 2.87. The summed E-state index contributed by atoms with van der Waals surface area (Å²) in [4.78, 5) is 6.71. The van der Waals surface area contributed by atoms with E-state index in [4.69, 9.17) is 11.6 Å². The van der Waals surface area contributed by atoms with E-state index in [2.05, 4.69) is 9.97 Å². The van der Waals surface area contributed by atoms with Gasteiger partial charge in [-0.1, -0.05) is 24.4 Å². The van der Waals surface area contributed by atoms with Crippen LogP contribution in [-0.4, -0.2) is 15.7 Å². The molecule has 1 aromatic rings. The molecule has 0 atom stereocenters. The van der Waals surface area contributed by atoms with E-state index in [1.54, 1.807) is 0 Å². The summed E-state index contributed by atoms with van der Waals surface area (Å²) >= 11 is 6.91. The average Bonchev–Trinajstić information content (AvgIpc) is 2.77. The van der Waals surface area contributed by atoms with Crippen molar-refractivity contribution in [2.45, 2.75) is 36.9 Å². The zero-order valence-electron chi connectivity index (χ0n) is 9.50. The molecule has 1 heterocycles. The predicted molar refractivity (Wildman–Crippen MR) is 64.7 cm³/mol. The minimum absolute atomic E-state index is 0.161. The lowest BCUT2D eigenvalue weighted by molar-refractivity contribution is -0.145. The zero-order chi connectivity index (χ0) is 13.2. The van der Waals surface area contributed by atoms with Gasteiger partial charge in [-0.2, -0.15) is 13.2 Å². The van der Waals surface area contributed by atoms with Crippen LogP contribution >= 0.6 is 23.4 Å². The predicted octanol–water partition coefficient (Wildman–Crippen LogP) is 4.43.